The molecule has 0 spiro atoms. The van der Waals surface area contributed by atoms with Crippen molar-refractivity contribution in [2.75, 3.05) is 31.6 Å². The topological polar surface area (TPSA) is 49.3 Å². The summed E-state index contributed by atoms with van der Waals surface area (Å²) in [4.78, 5) is 8.53. The van der Waals surface area contributed by atoms with Gasteiger partial charge in [-0.05, 0) is 25.0 Å². The highest BCUT2D eigenvalue weighted by molar-refractivity contribution is 14.0. The third kappa shape index (κ3) is 7.94. The molecule has 1 aromatic heterocycles. The van der Waals surface area contributed by atoms with Crippen LogP contribution in [0.5, 0.6) is 0 Å². The number of hydrogen-bond donors (Lipinski definition) is 2. The van der Waals surface area contributed by atoms with Crippen LogP contribution in [0.15, 0.2) is 20.9 Å². The SMILES string of the molecule is CN=C(NCCCSc1nccs1)NCC1CCCS1.I. The van der Waals surface area contributed by atoms with E-state index in [0.717, 1.165) is 40.8 Å². The van der Waals surface area contributed by atoms with Crippen molar-refractivity contribution in [2.24, 2.45) is 4.99 Å². The predicted molar refractivity (Wildman–Crippen MR) is 108 cm³/mol. The van der Waals surface area contributed by atoms with E-state index in [4.69, 9.17) is 0 Å². The van der Waals surface area contributed by atoms with Crippen LogP contribution < -0.4 is 10.6 Å². The quantitative estimate of drug-likeness (QED) is 0.216. The molecule has 1 unspecified atom stereocenters. The Bertz CT molecular complexity index is 394. The van der Waals surface area contributed by atoms with Gasteiger partial charge in [0.05, 0.1) is 0 Å². The fourth-order valence-electron chi connectivity index (χ4n) is 1.96. The molecular formula is C13H23IN4S3. The highest BCUT2D eigenvalue weighted by atomic mass is 127. The van der Waals surface area contributed by atoms with Crippen molar-refractivity contribution in [3.05, 3.63) is 11.6 Å². The Hall–Kier alpha value is 0.330. The van der Waals surface area contributed by atoms with Crippen LogP contribution in [0.1, 0.15) is 19.3 Å². The van der Waals surface area contributed by atoms with Crippen molar-refractivity contribution in [1.82, 2.24) is 15.6 Å². The van der Waals surface area contributed by atoms with E-state index in [1.165, 1.54) is 18.6 Å². The van der Waals surface area contributed by atoms with Crippen LogP contribution >= 0.6 is 58.8 Å². The number of thioether (sulfide) groups is 2. The van der Waals surface area contributed by atoms with Gasteiger partial charge in [-0.1, -0.05) is 11.8 Å². The molecule has 0 amide bonds. The highest BCUT2D eigenvalue weighted by Gasteiger charge is 2.15. The number of nitrogens with zero attached hydrogens (tertiary/aromatic N) is 2. The number of nitrogens with one attached hydrogen (secondary N) is 2. The standard InChI is InChI=1S/C13H22N4S3.HI/c1-14-12(17-10-11-4-2-7-18-11)15-5-3-8-19-13-16-6-9-20-13;/h6,9,11H,2-5,7-8,10H2,1H3,(H2,14,15,17);1H. The van der Waals surface area contributed by atoms with Gasteiger partial charge in [-0.3, -0.25) is 4.99 Å². The van der Waals surface area contributed by atoms with Crippen molar-refractivity contribution in [3.63, 3.8) is 0 Å². The molecule has 0 bridgehead atoms. The zero-order valence-electron chi connectivity index (χ0n) is 12.2. The van der Waals surface area contributed by atoms with Crippen LogP contribution in [0, 0.1) is 0 Å². The van der Waals surface area contributed by atoms with E-state index in [1.807, 2.05) is 30.4 Å². The molecule has 8 heteroatoms. The molecule has 2 rings (SSSR count). The second-order valence-electron chi connectivity index (χ2n) is 4.51. The van der Waals surface area contributed by atoms with Crippen molar-refractivity contribution in [1.29, 1.82) is 0 Å². The van der Waals surface area contributed by atoms with Crippen LogP contribution in [-0.4, -0.2) is 47.8 Å². The summed E-state index contributed by atoms with van der Waals surface area (Å²) in [6.45, 7) is 1.98. The van der Waals surface area contributed by atoms with E-state index in [1.54, 1.807) is 11.3 Å². The maximum Gasteiger partial charge on any atom is 0.191 e. The summed E-state index contributed by atoms with van der Waals surface area (Å²) in [5.41, 5.74) is 0. The van der Waals surface area contributed by atoms with Gasteiger partial charge >= 0.3 is 0 Å². The molecule has 1 fully saturated rings. The van der Waals surface area contributed by atoms with Gasteiger partial charge in [0.15, 0.2) is 5.96 Å². The van der Waals surface area contributed by atoms with Gasteiger partial charge in [0.1, 0.15) is 4.34 Å². The molecule has 0 aliphatic carbocycles. The van der Waals surface area contributed by atoms with E-state index in [-0.39, 0.29) is 24.0 Å². The van der Waals surface area contributed by atoms with E-state index in [2.05, 4.69) is 32.4 Å². The van der Waals surface area contributed by atoms with Gasteiger partial charge in [0.2, 0.25) is 0 Å². The number of rotatable bonds is 7. The lowest BCUT2D eigenvalue weighted by atomic mass is 10.2. The summed E-state index contributed by atoms with van der Waals surface area (Å²) in [6.07, 6.45) is 5.66. The fourth-order valence-corrected chi connectivity index (χ4v) is 4.81. The molecule has 1 aromatic rings. The maximum atomic E-state index is 4.26. The van der Waals surface area contributed by atoms with Crippen molar-refractivity contribution in [2.45, 2.75) is 28.9 Å². The normalized spacial score (nSPS) is 18.3. The molecule has 0 aromatic carbocycles. The molecule has 1 aliphatic heterocycles. The molecular weight excluding hydrogens is 435 g/mol. The van der Waals surface area contributed by atoms with E-state index in [9.17, 15) is 0 Å². The predicted octanol–water partition coefficient (Wildman–Crippen LogP) is 3.30. The number of aliphatic imine (C=N–C) groups is 1. The minimum absolute atomic E-state index is 0. The summed E-state index contributed by atoms with van der Waals surface area (Å²) in [5, 5.41) is 9.57. The minimum Gasteiger partial charge on any atom is -0.356 e. The molecule has 120 valence electrons. The average Bonchev–Trinajstić information content (AvgIpc) is 3.14. The lowest BCUT2D eigenvalue weighted by molar-refractivity contribution is 0.722. The van der Waals surface area contributed by atoms with Gasteiger partial charge in [0.25, 0.3) is 0 Å². The molecule has 21 heavy (non-hydrogen) atoms. The Morgan fingerprint density at radius 3 is 3.10 bits per heavy atom. The first-order chi connectivity index (χ1) is 9.88. The number of hydrogen-bond acceptors (Lipinski definition) is 5. The second-order valence-corrected chi connectivity index (χ2v) is 8.16. The molecule has 2 heterocycles. The zero-order valence-corrected chi connectivity index (χ0v) is 17.0. The van der Waals surface area contributed by atoms with E-state index < -0.39 is 0 Å². The number of aromatic nitrogens is 1. The zero-order chi connectivity index (χ0) is 14.0. The summed E-state index contributed by atoms with van der Waals surface area (Å²) in [7, 11) is 1.83. The first-order valence-corrected chi connectivity index (χ1v) is 9.88. The first-order valence-electron chi connectivity index (χ1n) is 6.97. The molecule has 2 N–H and O–H groups in total. The van der Waals surface area contributed by atoms with Gasteiger partial charge in [-0.2, -0.15) is 11.8 Å². The lowest BCUT2D eigenvalue weighted by Gasteiger charge is -2.14. The van der Waals surface area contributed by atoms with Crippen molar-refractivity contribution < 1.29 is 0 Å². The van der Waals surface area contributed by atoms with Crippen LogP contribution in [0.2, 0.25) is 0 Å². The molecule has 1 atom stereocenters. The monoisotopic (exact) mass is 458 g/mol. The third-order valence-electron chi connectivity index (χ3n) is 2.99. The van der Waals surface area contributed by atoms with Gasteiger partial charge < -0.3 is 10.6 Å². The second kappa shape index (κ2) is 11.8. The Labute approximate surface area is 156 Å². The summed E-state index contributed by atoms with van der Waals surface area (Å²) >= 11 is 5.60. The summed E-state index contributed by atoms with van der Waals surface area (Å²) in [6, 6.07) is 0. The van der Waals surface area contributed by atoms with Crippen molar-refractivity contribution in [3.8, 4) is 0 Å². The van der Waals surface area contributed by atoms with Gasteiger partial charge in [0, 0.05) is 42.7 Å². The highest BCUT2D eigenvalue weighted by Crippen LogP contribution is 2.25. The van der Waals surface area contributed by atoms with Crippen LogP contribution in [0.3, 0.4) is 0 Å². The molecule has 0 radical (unpaired) electrons. The molecule has 0 saturated carbocycles. The van der Waals surface area contributed by atoms with Gasteiger partial charge in [-0.15, -0.1) is 35.3 Å². The number of guanidine groups is 1. The first kappa shape index (κ1) is 19.4. The smallest absolute Gasteiger partial charge is 0.191 e. The van der Waals surface area contributed by atoms with Crippen molar-refractivity contribution >= 4 is 64.8 Å². The average molecular weight is 458 g/mol. The largest absolute Gasteiger partial charge is 0.356 e. The Morgan fingerprint density at radius 2 is 2.43 bits per heavy atom. The molecule has 1 saturated heterocycles. The Morgan fingerprint density at radius 1 is 1.52 bits per heavy atom. The lowest BCUT2D eigenvalue weighted by Crippen LogP contribution is -2.40. The number of halogens is 1. The number of thiazole rings is 1. The van der Waals surface area contributed by atoms with E-state index >= 15 is 0 Å². The summed E-state index contributed by atoms with van der Waals surface area (Å²) < 4.78 is 1.16. The Kier molecular flexibility index (Phi) is 10.9. The van der Waals surface area contributed by atoms with Crippen LogP contribution in [-0.2, 0) is 0 Å². The molecule has 4 nitrogen and oxygen atoms in total. The Balaban J connectivity index is 0.00000220. The summed E-state index contributed by atoms with van der Waals surface area (Å²) in [5.74, 6) is 3.33. The fraction of sp³-hybridized carbons (Fsp3) is 0.692. The van der Waals surface area contributed by atoms with E-state index in [0.29, 0.717) is 0 Å². The minimum atomic E-state index is 0. The molecule has 1 aliphatic rings. The van der Waals surface area contributed by atoms with Gasteiger partial charge in [-0.25, -0.2) is 4.98 Å². The van der Waals surface area contributed by atoms with Crippen LogP contribution in [0.25, 0.3) is 0 Å². The maximum absolute atomic E-state index is 4.26. The van der Waals surface area contributed by atoms with Crippen LogP contribution in [0.4, 0.5) is 0 Å². The third-order valence-corrected chi connectivity index (χ3v) is 6.44.